The van der Waals surface area contributed by atoms with Crippen LogP contribution in [0.25, 0.3) is 0 Å². The Kier molecular flexibility index (Phi) is 7.33. The average Bonchev–Trinajstić information content (AvgIpc) is 2.85. The summed E-state index contributed by atoms with van der Waals surface area (Å²) in [4.78, 5) is 14.7. The fraction of sp³-hybridized carbons (Fsp3) is 0.346. The number of hydrogen-bond donors (Lipinski definition) is 1. The van der Waals surface area contributed by atoms with Crippen molar-refractivity contribution in [3.8, 4) is 5.75 Å². The van der Waals surface area contributed by atoms with Crippen LogP contribution in [0, 0.1) is 5.92 Å². The predicted octanol–water partition coefficient (Wildman–Crippen LogP) is 3.92. The molecule has 0 aliphatic carbocycles. The summed E-state index contributed by atoms with van der Waals surface area (Å²) in [6.07, 6.45) is 4.11. The summed E-state index contributed by atoms with van der Waals surface area (Å²) in [5, 5.41) is 11.4. The molecular formula is C26H30N4O2. The van der Waals surface area contributed by atoms with Crippen LogP contribution in [0.5, 0.6) is 5.75 Å². The van der Waals surface area contributed by atoms with Gasteiger partial charge in [-0.1, -0.05) is 48.5 Å². The topological polar surface area (TPSA) is 67.3 Å². The van der Waals surface area contributed by atoms with Crippen LogP contribution in [-0.4, -0.2) is 42.8 Å². The lowest BCUT2D eigenvalue weighted by Gasteiger charge is -2.32. The standard InChI is InChI=1S/C26H30N4O2/c1-32-24-10-6-5-9-22(24)13-16-27-26(31)23-11-12-25(29-28-23)30-17-14-21(15-18-30)19-20-7-3-2-4-8-20/h2-12,21H,13-19H2,1H3,(H,27,31). The zero-order chi connectivity index (χ0) is 22.2. The fourth-order valence-electron chi connectivity index (χ4n) is 4.24. The van der Waals surface area contributed by atoms with Crippen LogP contribution in [-0.2, 0) is 12.8 Å². The van der Waals surface area contributed by atoms with E-state index in [4.69, 9.17) is 4.74 Å². The van der Waals surface area contributed by atoms with E-state index in [-0.39, 0.29) is 5.91 Å². The molecule has 0 saturated carbocycles. The minimum absolute atomic E-state index is 0.208. The summed E-state index contributed by atoms with van der Waals surface area (Å²) in [6.45, 7) is 2.45. The van der Waals surface area contributed by atoms with Crippen molar-refractivity contribution < 1.29 is 9.53 Å². The normalized spacial score (nSPS) is 14.2. The van der Waals surface area contributed by atoms with E-state index in [0.717, 1.165) is 49.5 Å². The third-order valence-corrected chi connectivity index (χ3v) is 6.06. The van der Waals surface area contributed by atoms with Gasteiger partial charge in [0.2, 0.25) is 0 Å². The molecule has 0 unspecified atom stereocenters. The van der Waals surface area contributed by atoms with E-state index in [0.29, 0.717) is 24.6 Å². The molecule has 6 heteroatoms. The molecular weight excluding hydrogens is 400 g/mol. The quantitative estimate of drug-likeness (QED) is 0.587. The highest BCUT2D eigenvalue weighted by Crippen LogP contribution is 2.24. The highest BCUT2D eigenvalue weighted by molar-refractivity contribution is 5.92. The van der Waals surface area contributed by atoms with Gasteiger partial charge in [0, 0.05) is 19.6 Å². The molecule has 32 heavy (non-hydrogen) atoms. The van der Waals surface area contributed by atoms with E-state index in [1.807, 2.05) is 30.3 Å². The van der Waals surface area contributed by atoms with Crippen LogP contribution in [0.4, 0.5) is 5.82 Å². The van der Waals surface area contributed by atoms with E-state index in [1.165, 1.54) is 5.56 Å². The Balaban J connectivity index is 1.24. The van der Waals surface area contributed by atoms with Gasteiger partial charge in [0.15, 0.2) is 11.5 Å². The third-order valence-electron chi connectivity index (χ3n) is 6.06. The zero-order valence-electron chi connectivity index (χ0n) is 18.5. The molecule has 166 valence electrons. The first-order chi connectivity index (χ1) is 15.7. The first-order valence-corrected chi connectivity index (χ1v) is 11.3. The number of nitrogens with zero attached hydrogens (tertiary/aromatic N) is 3. The van der Waals surface area contributed by atoms with Crippen LogP contribution < -0.4 is 15.0 Å². The van der Waals surface area contributed by atoms with E-state index in [9.17, 15) is 4.79 Å². The summed E-state index contributed by atoms with van der Waals surface area (Å²) >= 11 is 0. The monoisotopic (exact) mass is 430 g/mol. The van der Waals surface area contributed by atoms with Crippen LogP contribution in [0.3, 0.4) is 0 Å². The molecule has 2 heterocycles. The maximum absolute atomic E-state index is 12.4. The number of carbonyl (C=O) groups excluding carboxylic acids is 1. The highest BCUT2D eigenvalue weighted by atomic mass is 16.5. The van der Waals surface area contributed by atoms with Gasteiger partial charge < -0.3 is 15.0 Å². The minimum atomic E-state index is -0.208. The maximum atomic E-state index is 12.4. The third kappa shape index (κ3) is 5.63. The van der Waals surface area contributed by atoms with E-state index in [1.54, 1.807) is 13.2 Å². The van der Waals surface area contributed by atoms with Gasteiger partial charge in [-0.3, -0.25) is 4.79 Å². The van der Waals surface area contributed by atoms with Crippen LogP contribution in [0.2, 0.25) is 0 Å². The summed E-state index contributed by atoms with van der Waals surface area (Å²) < 4.78 is 5.35. The van der Waals surface area contributed by atoms with Gasteiger partial charge in [0.05, 0.1) is 7.11 Å². The Morgan fingerprint density at radius 1 is 1.00 bits per heavy atom. The van der Waals surface area contributed by atoms with Gasteiger partial charge >= 0.3 is 0 Å². The molecule has 1 aliphatic heterocycles. The number of benzene rings is 2. The lowest BCUT2D eigenvalue weighted by molar-refractivity contribution is 0.0948. The molecule has 3 aromatic rings. The van der Waals surface area contributed by atoms with Crippen molar-refractivity contribution in [3.05, 3.63) is 83.6 Å². The molecule has 0 spiro atoms. The summed E-state index contributed by atoms with van der Waals surface area (Å²) in [7, 11) is 1.65. The van der Waals surface area contributed by atoms with Crippen molar-refractivity contribution in [2.24, 2.45) is 5.92 Å². The Morgan fingerprint density at radius 2 is 1.75 bits per heavy atom. The number of hydrogen-bond acceptors (Lipinski definition) is 5. The van der Waals surface area contributed by atoms with E-state index < -0.39 is 0 Å². The second-order valence-electron chi connectivity index (χ2n) is 8.21. The minimum Gasteiger partial charge on any atom is -0.496 e. The number of amides is 1. The number of carbonyl (C=O) groups is 1. The van der Waals surface area contributed by atoms with Gasteiger partial charge in [0.1, 0.15) is 5.75 Å². The molecule has 1 aromatic heterocycles. The predicted molar refractivity (Wildman–Crippen MR) is 126 cm³/mol. The van der Waals surface area contributed by atoms with Crippen molar-refractivity contribution >= 4 is 11.7 Å². The van der Waals surface area contributed by atoms with Crippen molar-refractivity contribution in [2.45, 2.75) is 25.7 Å². The first kappa shape index (κ1) is 21.8. The molecule has 1 amide bonds. The van der Waals surface area contributed by atoms with E-state index >= 15 is 0 Å². The zero-order valence-corrected chi connectivity index (χ0v) is 18.5. The second kappa shape index (κ2) is 10.8. The molecule has 4 rings (SSSR count). The number of methoxy groups -OCH3 is 1. The molecule has 1 N–H and O–H groups in total. The molecule has 0 radical (unpaired) electrons. The van der Waals surface area contributed by atoms with Gasteiger partial charge in [-0.15, -0.1) is 10.2 Å². The Morgan fingerprint density at radius 3 is 2.47 bits per heavy atom. The Hall–Kier alpha value is -3.41. The first-order valence-electron chi connectivity index (χ1n) is 11.3. The van der Waals surface area contributed by atoms with Gasteiger partial charge in [-0.2, -0.15) is 0 Å². The van der Waals surface area contributed by atoms with Crippen LogP contribution in [0.15, 0.2) is 66.7 Å². The number of rotatable bonds is 8. The smallest absolute Gasteiger partial charge is 0.271 e. The van der Waals surface area contributed by atoms with Gasteiger partial charge in [-0.05, 0) is 60.9 Å². The Bertz CT molecular complexity index is 1000. The van der Waals surface area contributed by atoms with Crippen molar-refractivity contribution in [3.63, 3.8) is 0 Å². The molecule has 0 bridgehead atoms. The van der Waals surface area contributed by atoms with Crippen molar-refractivity contribution in [1.82, 2.24) is 15.5 Å². The van der Waals surface area contributed by atoms with Crippen LogP contribution >= 0.6 is 0 Å². The number of para-hydroxylation sites is 1. The average molecular weight is 431 g/mol. The lowest BCUT2D eigenvalue weighted by Crippen LogP contribution is -2.35. The second-order valence-corrected chi connectivity index (χ2v) is 8.21. The molecule has 1 saturated heterocycles. The van der Waals surface area contributed by atoms with Crippen LogP contribution in [0.1, 0.15) is 34.5 Å². The molecule has 0 atom stereocenters. The highest BCUT2D eigenvalue weighted by Gasteiger charge is 2.21. The fourth-order valence-corrected chi connectivity index (χ4v) is 4.24. The molecule has 1 aliphatic rings. The number of piperidine rings is 1. The van der Waals surface area contributed by atoms with Gasteiger partial charge in [0.25, 0.3) is 5.91 Å². The largest absolute Gasteiger partial charge is 0.496 e. The summed E-state index contributed by atoms with van der Waals surface area (Å²) in [5.74, 6) is 2.17. The number of aromatic nitrogens is 2. The van der Waals surface area contributed by atoms with Crippen molar-refractivity contribution in [2.75, 3.05) is 31.6 Å². The van der Waals surface area contributed by atoms with Gasteiger partial charge in [-0.25, -0.2) is 0 Å². The summed E-state index contributed by atoms with van der Waals surface area (Å²) in [6, 6.07) is 22.2. The molecule has 2 aromatic carbocycles. The van der Waals surface area contributed by atoms with E-state index in [2.05, 4.69) is 50.7 Å². The SMILES string of the molecule is COc1ccccc1CCNC(=O)c1ccc(N2CCC(Cc3ccccc3)CC2)nn1. The molecule has 1 fully saturated rings. The Labute approximate surface area is 189 Å². The number of nitrogens with one attached hydrogen (secondary N) is 1. The maximum Gasteiger partial charge on any atom is 0.271 e. The lowest BCUT2D eigenvalue weighted by atomic mass is 9.90. The van der Waals surface area contributed by atoms with Crippen molar-refractivity contribution in [1.29, 1.82) is 0 Å². The molecule has 6 nitrogen and oxygen atoms in total. The number of anilines is 1. The summed E-state index contributed by atoms with van der Waals surface area (Å²) in [5.41, 5.74) is 2.81. The number of ether oxygens (including phenoxy) is 1.